The van der Waals surface area contributed by atoms with Crippen molar-refractivity contribution in [1.29, 1.82) is 0 Å². The first-order chi connectivity index (χ1) is 20.1. The fourth-order valence-electron chi connectivity index (χ4n) is 4.87. The molecule has 0 amide bonds. The lowest BCUT2D eigenvalue weighted by Crippen LogP contribution is -2.28. The summed E-state index contributed by atoms with van der Waals surface area (Å²) in [6.07, 6.45) is 2.36. The van der Waals surface area contributed by atoms with Crippen molar-refractivity contribution in [1.82, 2.24) is 29.3 Å². The molecule has 3 aromatic carbocycles. The van der Waals surface area contributed by atoms with Gasteiger partial charge in [0.05, 0.1) is 28.4 Å². The van der Waals surface area contributed by atoms with Crippen LogP contribution in [0.4, 0.5) is 19.0 Å². The molecule has 0 radical (unpaired) electrons. The summed E-state index contributed by atoms with van der Waals surface area (Å²) in [5.74, 6) is 2.85. The number of rotatable bonds is 5. The van der Waals surface area contributed by atoms with Gasteiger partial charge in [0.1, 0.15) is 36.0 Å². The van der Waals surface area contributed by atoms with Gasteiger partial charge in [0.25, 0.3) is 5.56 Å². The van der Waals surface area contributed by atoms with Gasteiger partial charge in [0, 0.05) is 11.1 Å². The number of hydrogen-bond acceptors (Lipinski definition) is 7. The average molecular weight is 568 g/mol. The van der Waals surface area contributed by atoms with Gasteiger partial charge < -0.3 is 10.8 Å². The molecule has 0 spiro atoms. The fourth-order valence-corrected chi connectivity index (χ4v) is 4.87. The molecule has 0 saturated carbocycles. The number of fused-ring (bicyclic) bond motifs is 2. The predicted molar refractivity (Wildman–Crippen MR) is 150 cm³/mol. The summed E-state index contributed by atoms with van der Waals surface area (Å²) in [4.78, 5) is 27.0. The number of halogens is 3. The van der Waals surface area contributed by atoms with Gasteiger partial charge >= 0.3 is 6.18 Å². The Balaban J connectivity index is 1.56. The molecule has 3 heterocycles. The molecule has 42 heavy (non-hydrogen) atoms. The Labute approximate surface area is 235 Å². The van der Waals surface area contributed by atoms with E-state index in [1.165, 1.54) is 39.8 Å². The predicted octanol–water partition coefficient (Wildman–Crippen LogP) is 4.59. The van der Waals surface area contributed by atoms with E-state index < -0.39 is 17.3 Å². The van der Waals surface area contributed by atoms with Gasteiger partial charge in [-0.25, -0.2) is 19.6 Å². The number of anilines is 1. The Morgan fingerprint density at radius 2 is 1.76 bits per heavy atom. The Morgan fingerprint density at radius 1 is 0.976 bits per heavy atom. The van der Waals surface area contributed by atoms with E-state index in [1.807, 2.05) is 0 Å². The SMILES string of the molecule is C#Cc1cccc2nc(Cn3nc(-c4cccc(O)c4)c4c(N)ncnc43)n(Cc3cccc(C(F)(F)F)c3)c(=O)c12. The van der Waals surface area contributed by atoms with Crippen molar-refractivity contribution in [2.24, 2.45) is 0 Å². The standard InChI is InChI=1S/C30H20F3N7O2/c1-2-18-7-5-11-22-24(18)29(42)39(14-17-6-3-9-20(12-17)30(31,32)33)23(37-22)15-40-28-25(27(34)35-16-36-28)26(38-40)19-8-4-10-21(41)13-19/h1,3-13,16,41H,14-15H2,(H2,34,35,36). The van der Waals surface area contributed by atoms with Crippen LogP contribution in [0.15, 0.2) is 77.9 Å². The van der Waals surface area contributed by atoms with Gasteiger partial charge in [-0.05, 0) is 42.0 Å². The molecule has 3 aromatic heterocycles. The molecule has 6 aromatic rings. The molecule has 0 aliphatic carbocycles. The van der Waals surface area contributed by atoms with Crippen molar-refractivity contribution in [3.8, 4) is 29.4 Å². The molecule has 9 nitrogen and oxygen atoms in total. The quantitative estimate of drug-likeness (QED) is 0.292. The van der Waals surface area contributed by atoms with Crippen molar-refractivity contribution in [2.45, 2.75) is 19.3 Å². The van der Waals surface area contributed by atoms with E-state index in [1.54, 1.807) is 30.3 Å². The van der Waals surface area contributed by atoms with Crippen LogP contribution in [0.5, 0.6) is 5.75 Å². The van der Waals surface area contributed by atoms with E-state index in [2.05, 4.69) is 21.0 Å². The van der Waals surface area contributed by atoms with E-state index in [0.717, 1.165) is 12.1 Å². The van der Waals surface area contributed by atoms with Crippen LogP contribution in [0, 0.1) is 12.3 Å². The highest BCUT2D eigenvalue weighted by molar-refractivity contribution is 5.98. The highest BCUT2D eigenvalue weighted by atomic mass is 19.4. The van der Waals surface area contributed by atoms with Crippen molar-refractivity contribution < 1.29 is 18.3 Å². The molecule has 3 N–H and O–H groups in total. The lowest BCUT2D eigenvalue weighted by molar-refractivity contribution is -0.137. The molecule has 208 valence electrons. The van der Waals surface area contributed by atoms with Crippen molar-refractivity contribution in [3.05, 3.63) is 106 Å². The van der Waals surface area contributed by atoms with E-state index in [9.17, 15) is 23.1 Å². The van der Waals surface area contributed by atoms with Crippen LogP contribution in [-0.2, 0) is 19.3 Å². The highest BCUT2D eigenvalue weighted by Gasteiger charge is 2.30. The number of phenolic OH excluding ortho intramolecular Hbond substituents is 1. The van der Waals surface area contributed by atoms with Crippen LogP contribution >= 0.6 is 0 Å². The maximum absolute atomic E-state index is 13.9. The third kappa shape index (κ3) is 4.66. The Bertz CT molecular complexity index is 2110. The smallest absolute Gasteiger partial charge is 0.416 e. The molecule has 0 unspecified atom stereocenters. The molecule has 0 atom stereocenters. The van der Waals surface area contributed by atoms with Crippen LogP contribution < -0.4 is 11.3 Å². The second-order valence-electron chi connectivity index (χ2n) is 9.48. The first-order valence-corrected chi connectivity index (χ1v) is 12.6. The number of nitrogens with zero attached hydrogens (tertiary/aromatic N) is 6. The van der Waals surface area contributed by atoms with E-state index in [4.69, 9.17) is 17.1 Å². The molecule has 0 saturated heterocycles. The van der Waals surface area contributed by atoms with E-state index in [0.29, 0.717) is 33.4 Å². The topological polar surface area (TPSA) is 125 Å². The number of terminal acetylenes is 1. The minimum absolute atomic E-state index is 0.0149. The van der Waals surface area contributed by atoms with Crippen LogP contribution in [-0.4, -0.2) is 34.4 Å². The molecule has 0 bridgehead atoms. The molecule has 6 rings (SSSR count). The first-order valence-electron chi connectivity index (χ1n) is 12.6. The fraction of sp³-hybridized carbons (Fsp3) is 0.100. The molecular weight excluding hydrogens is 547 g/mol. The lowest BCUT2D eigenvalue weighted by Gasteiger charge is -2.16. The summed E-state index contributed by atoms with van der Waals surface area (Å²) >= 11 is 0. The number of hydrogen-bond donors (Lipinski definition) is 2. The van der Waals surface area contributed by atoms with Gasteiger partial charge in [-0.3, -0.25) is 9.36 Å². The molecule has 0 fully saturated rings. The van der Waals surface area contributed by atoms with Gasteiger partial charge in [-0.15, -0.1) is 6.42 Å². The average Bonchev–Trinajstić information content (AvgIpc) is 3.34. The minimum atomic E-state index is -4.56. The lowest BCUT2D eigenvalue weighted by atomic mass is 10.1. The highest BCUT2D eigenvalue weighted by Crippen LogP contribution is 2.32. The maximum atomic E-state index is 13.9. The van der Waals surface area contributed by atoms with E-state index >= 15 is 0 Å². The zero-order valence-electron chi connectivity index (χ0n) is 21.7. The summed E-state index contributed by atoms with van der Waals surface area (Å²) in [7, 11) is 0. The molecular formula is C30H20F3N7O2. The first kappa shape index (κ1) is 26.5. The Morgan fingerprint density at radius 3 is 2.52 bits per heavy atom. The van der Waals surface area contributed by atoms with Gasteiger partial charge in [-0.2, -0.15) is 18.3 Å². The zero-order chi connectivity index (χ0) is 29.6. The van der Waals surface area contributed by atoms with Gasteiger partial charge in [0.2, 0.25) is 0 Å². The number of phenols is 1. The molecule has 12 heteroatoms. The number of alkyl halides is 3. The maximum Gasteiger partial charge on any atom is 0.416 e. The van der Waals surface area contributed by atoms with Crippen molar-refractivity contribution >= 4 is 27.8 Å². The van der Waals surface area contributed by atoms with Crippen LogP contribution in [0.2, 0.25) is 0 Å². The zero-order valence-corrected chi connectivity index (χ0v) is 21.7. The van der Waals surface area contributed by atoms with Crippen LogP contribution in [0.25, 0.3) is 33.2 Å². The Hall–Kier alpha value is -5.70. The van der Waals surface area contributed by atoms with Crippen LogP contribution in [0.3, 0.4) is 0 Å². The summed E-state index contributed by atoms with van der Waals surface area (Å²) in [6, 6.07) is 16.0. The third-order valence-electron chi connectivity index (χ3n) is 6.78. The minimum Gasteiger partial charge on any atom is -0.508 e. The number of aromatic hydroxyl groups is 1. The molecule has 0 aliphatic heterocycles. The second-order valence-corrected chi connectivity index (χ2v) is 9.48. The molecule has 0 aliphatic rings. The monoisotopic (exact) mass is 567 g/mol. The number of nitrogens with two attached hydrogens (primary N) is 1. The summed E-state index contributed by atoms with van der Waals surface area (Å²) in [6.45, 7) is -0.314. The number of nitrogen functional groups attached to an aromatic ring is 1. The van der Waals surface area contributed by atoms with E-state index in [-0.39, 0.29) is 41.4 Å². The van der Waals surface area contributed by atoms with Crippen LogP contribution in [0.1, 0.15) is 22.5 Å². The number of benzene rings is 3. The van der Waals surface area contributed by atoms with Crippen molar-refractivity contribution in [2.75, 3.05) is 5.73 Å². The summed E-state index contributed by atoms with van der Waals surface area (Å²) in [5.41, 5.74) is 6.99. The Kier molecular flexibility index (Phi) is 6.34. The number of aromatic nitrogens is 6. The largest absolute Gasteiger partial charge is 0.508 e. The summed E-state index contributed by atoms with van der Waals surface area (Å²) < 4.78 is 43.1. The second kappa shape index (κ2) is 10.0. The third-order valence-corrected chi connectivity index (χ3v) is 6.78. The van der Waals surface area contributed by atoms with Gasteiger partial charge in [-0.1, -0.05) is 36.3 Å². The summed E-state index contributed by atoms with van der Waals surface area (Å²) in [5, 5.41) is 15.3. The normalized spacial score (nSPS) is 11.7. The van der Waals surface area contributed by atoms with Crippen molar-refractivity contribution in [3.63, 3.8) is 0 Å². The van der Waals surface area contributed by atoms with Gasteiger partial charge in [0.15, 0.2) is 5.65 Å².